The summed E-state index contributed by atoms with van der Waals surface area (Å²) in [7, 11) is 1.63. The van der Waals surface area contributed by atoms with Gasteiger partial charge in [0.1, 0.15) is 5.75 Å². The van der Waals surface area contributed by atoms with Gasteiger partial charge >= 0.3 is 0 Å². The zero-order valence-electron chi connectivity index (χ0n) is 12.1. The lowest BCUT2D eigenvalue weighted by Crippen LogP contribution is -2.18. The number of alkyl halides is 2. The van der Waals surface area contributed by atoms with Gasteiger partial charge in [-0.1, -0.05) is 30.3 Å². The Kier molecular flexibility index (Phi) is 5.28. The Labute approximate surface area is 123 Å². The maximum atomic E-state index is 12.6. The molecular formula is C17H19F2NO. The number of hydrogen-bond acceptors (Lipinski definition) is 2. The lowest BCUT2D eigenvalue weighted by atomic mass is 10.1. The Morgan fingerprint density at radius 3 is 2.38 bits per heavy atom. The van der Waals surface area contributed by atoms with Crippen molar-refractivity contribution in [1.29, 1.82) is 0 Å². The summed E-state index contributed by atoms with van der Waals surface area (Å²) in [5.41, 5.74) is 2.04. The molecule has 2 aromatic rings. The van der Waals surface area contributed by atoms with Crippen LogP contribution in [0.2, 0.25) is 0 Å². The van der Waals surface area contributed by atoms with Crippen molar-refractivity contribution in [1.82, 2.24) is 5.32 Å². The molecule has 0 radical (unpaired) electrons. The minimum atomic E-state index is -2.43. The molecule has 0 unspecified atom stereocenters. The van der Waals surface area contributed by atoms with Crippen LogP contribution in [-0.2, 0) is 6.54 Å². The van der Waals surface area contributed by atoms with Crippen LogP contribution in [-0.4, -0.2) is 7.11 Å². The van der Waals surface area contributed by atoms with Crippen LogP contribution in [0.15, 0.2) is 48.5 Å². The average Bonchev–Trinajstić information content (AvgIpc) is 2.53. The molecule has 1 atom stereocenters. The minimum absolute atomic E-state index is 0.0615. The first-order chi connectivity index (χ1) is 10.1. The van der Waals surface area contributed by atoms with Gasteiger partial charge in [-0.15, -0.1) is 0 Å². The van der Waals surface area contributed by atoms with E-state index < -0.39 is 6.43 Å². The van der Waals surface area contributed by atoms with Crippen LogP contribution in [0.4, 0.5) is 8.78 Å². The number of halogens is 2. The Morgan fingerprint density at radius 2 is 1.76 bits per heavy atom. The summed E-state index contributed by atoms with van der Waals surface area (Å²) in [5.74, 6) is 0.815. The third-order valence-electron chi connectivity index (χ3n) is 3.43. The first-order valence-electron chi connectivity index (χ1n) is 6.84. The maximum absolute atomic E-state index is 12.6. The van der Waals surface area contributed by atoms with E-state index in [1.165, 1.54) is 6.07 Å². The van der Waals surface area contributed by atoms with Crippen LogP contribution < -0.4 is 10.1 Å². The van der Waals surface area contributed by atoms with Crippen molar-refractivity contribution >= 4 is 0 Å². The van der Waals surface area contributed by atoms with E-state index in [0.29, 0.717) is 6.54 Å². The Hall–Kier alpha value is -1.94. The molecule has 112 valence electrons. The molecule has 0 aromatic heterocycles. The first-order valence-corrected chi connectivity index (χ1v) is 6.84. The summed E-state index contributed by atoms with van der Waals surface area (Å²) in [4.78, 5) is 0. The maximum Gasteiger partial charge on any atom is 0.263 e. The second-order valence-corrected chi connectivity index (χ2v) is 4.92. The predicted molar refractivity (Wildman–Crippen MR) is 79.6 cm³/mol. The van der Waals surface area contributed by atoms with E-state index in [1.807, 2.05) is 37.3 Å². The van der Waals surface area contributed by atoms with Gasteiger partial charge in [0.25, 0.3) is 6.43 Å². The fraction of sp³-hybridized carbons (Fsp3) is 0.294. The summed E-state index contributed by atoms with van der Waals surface area (Å²) in [6.45, 7) is 2.59. The van der Waals surface area contributed by atoms with Crippen LogP contribution in [0.1, 0.15) is 36.1 Å². The molecule has 4 heteroatoms. The van der Waals surface area contributed by atoms with Gasteiger partial charge in [-0.25, -0.2) is 8.78 Å². The lowest BCUT2D eigenvalue weighted by Gasteiger charge is -2.15. The van der Waals surface area contributed by atoms with E-state index in [9.17, 15) is 8.78 Å². The van der Waals surface area contributed by atoms with Gasteiger partial charge in [0.15, 0.2) is 0 Å². The third-order valence-corrected chi connectivity index (χ3v) is 3.43. The molecule has 1 N–H and O–H groups in total. The monoisotopic (exact) mass is 291 g/mol. The van der Waals surface area contributed by atoms with Gasteiger partial charge in [0, 0.05) is 18.2 Å². The smallest absolute Gasteiger partial charge is 0.263 e. The highest BCUT2D eigenvalue weighted by atomic mass is 19.3. The van der Waals surface area contributed by atoms with Crippen molar-refractivity contribution < 1.29 is 13.5 Å². The molecule has 0 heterocycles. The number of hydrogen-bond donors (Lipinski definition) is 1. The van der Waals surface area contributed by atoms with Crippen molar-refractivity contribution in [3.05, 3.63) is 65.2 Å². The van der Waals surface area contributed by atoms with Crippen LogP contribution in [0, 0.1) is 0 Å². The van der Waals surface area contributed by atoms with E-state index in [4.69, 9.17) is 4.74 Å². The molecule has 0 aliphatic carbocycles. The molecule has 0 spiro atoms. The van der Waals surface area contributed by atoms with E-state index in [-0.39, 0.29) is 11.6 Å². The quantitative estimate of drug-likeness (QED) is 0.847. The van der Waals surface area contributed by atoms with Gasteiger partial charge < -0.3 is 10.1 Å². The largest absolute Gasteiger partial charge is 0.497 e. The Bertz CT molecular complexity index is 569. The average molecular weight is 291 g/mol. The molecule has 0 bridgehead atoms. The molecular weight excluding hydrogens is 272 g/mol. The number of nitrogens with one attached hydrogen (secondary N) is 1. The molecule has 0 fully saturated rings. The Morgan fingerprint density at radius 1 is 1.05 bits per heavy atom. The minimum Gasteiger partial charge on any atom is -0.497 e. The van der Waals surface area contributed by atoms with E-state index in [1.54, 1.807) is 19.2 Å². The van der Waals surface area contributed by atoms with E-state index >= 15 is 0 Å². The molecule has 0 saturated heterocycles. The van der Waals surface area contributed by atoms with Gasteiger partial charge in [0.05, 0.1) is 7.11 Å². The van der Waals surface area contributed by atoms with Gasteiger partial charge in [0.2, 0.25) is 0 Å². The standard InChI is InChI=1S/C17H19F2NO/c1-12(14-6-8-16(21-2)9-7-14)20-11-13-4-3-5-15(10-13)17(18)19/h3-10,12,17,20H,11H2,1-2H3/t12-/m1/s1. The lowest BCUT2D eigenvalue weighted by molar-refractivity contribution is 0.151. The van der Waals surface area contributed by atoms with Crippen molar-refractivity contribution in [2.45, 2.75) is 25.9 Å². The fourth-order valence-corrected chi connectivity index (χ4v) is 2.12. The summed E-state index contributed by atoms with van der Waals surface area (Å²) < 4.78 is 30.4. The highest BCUT2D eigenvalue weighted by molar-refractivity contribution is 5.29. The normalized spacial score (nSPS) is 12.4. The second-order valence-electron chi connectivity index (χ2n) is 4.92. The molecule has 2 rings (SSSR count). The molecule has 21 heavy (non-hydrogen) atoms. The van der Waals surface area contributed by atoms with Gasteiger partial charge in [-0.3, -0.25) is 0 Å². The van der Waals surface area contributed by atoms with E-state index in [2.05, 4.69) is 5.32 Å². The van der Waals surface area contributed by atoms with Gasteiger partial charge in [-0.2, -0.15) is 0 Å². The van der Waals surface area contributed by atoms with Crippen LogP contribution >= 0.6 is 0 Å². The molecule has 0 amide bonds. The number of rotatable bonds is 6. The summed E-state index contributed by atoms with van der Waals surface area (Å²) >= 11 is 0. The van der Waals surface area contributed by atoms with Crippen LogP contribution in [0.5, 0.6) is 5.75 Å². The van der Waals surface area contributed by atoms with Crippen LogP contribution in [0.25, 0.3) is 0 Å². The second kappa shape index (κ2) is 7.18. The number of methoxy groups -OCH3 is 1. The summed E-state index contributed by atoms with van der Waals surface area (Å²) in [6.07, 6.45) is -2.43. The fourth-order valence-electron chi connectivity index (χ4n) is 2.12. The molecule has 0 saturated carbocycles. The van der Waals surface area contributed by atoms with Crippen molar-refractivity contribution in [2.24, 2.45) is 0 Å². The zero-order valence-corrected chi connectivity index (χ0v) is 12.1. The van der Waals surface area contributed by atoms with Crippen molar-refractivity contribution in [2.75, 3.05) is 7.11 Å². The number of benzene rings is 2. The topological polar surface area (TPSA) is 21.3 Å². The van der Waals surface area contributed by atoms with Crippen LogP contribution in [0.3, 0.4) is 0 Å². The summed E-state index contributed by atoms with van der Waals surface area (Å²) in [5, 5.41) is 3.33. The van der Waals surface area contributed by atoms with E-state index in [0.717, 1.165) is 16.9 Å². The Balaban J connectivity index is 1.96. The molecule has 2 aromatic carbocycles. The predicted octanol–water partition coefficient (Wildman–Crippen LogP) is 4.48. The molecule has 2 nitrogen and oxygen atoms in total. The highest BCUT2D eigenvalue weighted by Gasteiger charge is 2.08. The SMILES string of the molecule is COc1ccc([C@@H](C)NCc2cccc(C(F)F)c2)cc1. The van der Waals surface area contributed by atoms with Crippen molar-refractivity contribution in [3.8, 4) is 5.75 Å². The third kappa shape index (κ3) is 4.26. The highest BCUT2D eigenvalue weighted by Crippen LogP contribution is 2.21. The van der Waals surface area contributed by atoms with Crippen molar-refractivity contribution in [3.63, 3.8) is 0 Å². The zero-order chi connectivity index (χ0) is 15.2. The first kappa shape index (κ1) is 15.4. The molecule has 0 aliphatic heterocycles. The molecule has 0 aliphatic rings. The summed E-state index contributed by atoms with van der Waals surface area (Å²) in [6, 6.07) is 14.4. The van der Waals surface area contributed by atoms with Gasteiger partial charge in [-0.05, 0) is 36.2 Å². The number of ether oxygens (including phenoxy) is 1.